The molecule has 0 aromatic rings. The summed E-state index contributed by atoms with van der Waals surface area (Å²) >= 11 is 0. The van der Waals surface area contributed by atoms with Crippen molar-refractivity contribution < 1.29 is 19.5 Å². The average molecular weight is 201 g/mol. The molecule has 1 saturated heterocycles. The van der Waals surface area contributed by atoms with Crippen molar-refractivity contribution in [1.29, 1.82) is 0 Å². The van der Waals surface area contributed by atoms with Crippen LogP contribution in [-0.2, 0) is 4.79 Å². The highest BCUT2D eigenvalue weighted by Gasteiger charge is 2.33. The third kappa shape index (κ3) is 2.12. The van der Waals surface area contributed by atoms with Crippen LogP contribution in [0.5, 0.6) is 0 Å². The summed E-state index contributed by atoms with van der Waals surface area (Å²) in [6, 6.07) is -1.48. The largest absolute Gasteiger partial charge is 0.465 e. The standard InChI is InChI=1S/C7H11N3O4/c8-5(11)4-2-1-3-10(4)6(12)9-7(13)14/h4H,1-3H2,(H2,8,11)(H,9,12)(H,13,14). The van der Waals surface area contributed by atoms with Crippen molar-refractivity contribution in [3.8, 4) is 0 Å². The van der Waals surface area contributed by atoms with E-state index in [1.54, 1.807) is 5.32 Å². The van der Waals surface area contributed by atoms with Crippen molar-refractivity contribution in [2.24, 2.45) is 5.73 Å². The Labute approximate surface area is 79.9 Å². The molecule has 78 valence electrons. The molecule has 1 aliphatic heterocycles. The lowest BCUT2D eigenvalue weighted by molar-refractivity contribution is -0.121. The molecule has 1 atom stereocenters. The van der Waals surface area contributed by atoms with Gasteiger partial charge in [0.25, 0.3) is 0 Å². The van der Waals surface area contributed by atoms with Crippen molar-refractivity contribution in [2.45, 2.75) is 18.9 Å². The molecule has 0 saturated carbocycles. The minimum Gasteiger partial charge on any atom is -0.465 e. The number of nitrogens with one attached hydrogen (secondary N) is 1. The number of hydrogen-bond acceptors (Lipinski definition) is 3. The second-order valence-electron chi connectivity index (χ2n) is 2.99. The molecular weight excluding hydrogens is 190 g/mol. The number of hydrogen-bond donors (Lipinski definition) is 3. The van der Waals surface area contributed by atoms with E-state index in [-0.39, 0.29) is 0 Å². The molecule has 1 fully saturated rings. The summed E-state index contributed by atoms with van der Waals surface area (Å²) in [6.45, 7) is 0.354. The maximum Gasteiger partial charge on any atom is 0.412 e. The molecule has 0 spiro atoms. The van der Waals surface area contributed by atoms with Crippen LogP contribution < -0.4 is 11.1 Å². The predicted octanol–water partition coefficient (Wildman–Crippen LogP) is -0.676. The van der Waals surface area contributed by atoms with Gasteiger partial charge in [-0.1, -0.05) is 0 Å². The molecule has 1 heterocycles. The van der Waals surface area contributed by atoms with Crippen molar-refractivity contribution in [3.05, 3.63) is 0 Å². The number of primary amides is 1. The molecule has 0 aromatic heterocycles. The molecular formula is C7H11N3O4. The highest BCUT2D eigenvalue weighted by molar-refractivity contribution is 5.93. The van der Waals surface area contributed by atoms with Crippen LogP contribution in [0.1, 0.15) is 12.8 Å². The first kappa shape index (κ1) is 10.3. The number of imide groups is 1. The van der Waals surface area contributed by atoms with Crippen LogP contribution in [0.25, 0.3) is 0 Å². The smallest absolute Gasteiger partial charge is 0.412 e. The van der Waals surface area contributed by atoms with Gasteiger partial charge >= 0.3 is 12.1 Å². The molecule has 4 amide bonds. The van der Waals surface area contributed by atoms with Gasteiger partial charge in [0.2, 0.25) is 5.91 Å². The molecule has 1 unspecified atom stereocenters. The first-order chi connectivity index (χ1) is 6.52. The molecule has 14 heavy (non-hydrogen) atoms. The van der Waals surface area contributed by atoms with Gasteiger partial charge in [0.1, 0.15) is 6.04 Å². The lowest BCUT2D eigenvalue weighted by Crippen LogP contribution is -2.49. The summed E-state index contributed by atoms with van der Waals surface area (Å²) in [5.74, 6) is -0.608. The molecule has 4 N–H and O–H groups in total. The Balaban J connectivity index is 2.62. The Morgan fingerprint density at radius 2 is 2.07 bits per heavy atom. The molecule has 1 aliphatic rings. The second-order valence-corrected chi connectivity index (χ2v) is 2.99. The highest BCUT2D eigenvalue weighted by atomic mass is 16.4. The van der Waals surface area contributed by atoms with E-state index in [1.165, 1.54) is 0 Å². The van der Waals surface area contributed by atoms with Gasteiger partial charge in [-0.15, -0.1) is 0 Å². The Kier molecular flexibility index (Phi) is 2.90. The number of amides is 4. The van der Waals surface area contributed by atoms with Gasteiger partial charge in [-0.3, -0.25) is 4.79 Å². The van der Waals surface area contributed by atoms with Crippen molar-refractivity contribution in [2.75, 3.05) is 6.54 Å². The van der Waals surface area contributed by atoms with E-state index < -0.39 is 24.1 Å². The van der Waals surface area contributed by atoms with Crippen LogP contribution in [0.2, 0.25) is 0 Å². The number of carbonyl (C=O) groups is 3. The monoisotopic (exact) mass is 201 g/mol. The van der Waals surface area contributed by atoms with E-state index in [4.69, 9.17) is 10.8 Å². The Morgan fingerprint density at radius 3 is 2.57 bits per heavy atom. The van der Waals surface area contributed by atoms with E-state index in [1.807, 2.05) is 0 Å². The molecule has 7 heteroatoms. The van der Waals surface area contributed by atoms with E-state index in [9.17, 15) is 14.4 Å². The summed E-state index contributed by atoms with van der Waals surface area (Å²) in [7, 11) is 0. The Hall–Kier alpha value is -1.79. The van der Waals surface area contributed by atoms with E-state index >= 15 is 0 Å². The zero-order chi connectivity index (χ0) is 10.7. The lowest BCUT2D eigenvalue weighted by atomic mass is 10.2. The second kappa shape index (κ2) is 3.95. The van der Waals surface area contributed by atoms with Gasteiger partial charge in [0, 0.05) is 6.54 Å². The van der Waals surface area contributed by atoms with Crippen LogP contribution in [0, 0.1) is 0 Å². The zero-order valence-corrected chi connectivity index (χ0v) is 7.40. The van der Waals surface area contributed by atoms with Gasteiger partial charge in [0.05, 0.1) is 0 Å². The third-order valence-corrected chi connectivity index (χ3v) is 2.06. The van der Waals surface area contributed by atoms with Crippen LogP contribution >= 0.6 is 0 Å². The van der Waals surface area contributed by atoms with Gasteiger partial charge in [-0.25, -0.2) is 14.9 Å². The maximum absolute atomic E-state index is 11.2. The summed E-state index contributed by atoms with van der Waals surface area (Å²) in [6.07, 6.45) is -0.298. The summed E-state index contributed by atoms with van der Waals surface area (Å²) in [5.41, 5.74) is 5.05. The predicted molar refractivity (Wildman–Crippen MR) is 45.5 cm³/mol. The van der Waals surface area contributed by atoms with Crippen LogP contribution in [0.4, 0.5) is 9.59 Å². The number of likely N-dealkylation sites (tertiary alicyclic amines) is 1. The lowest BCUT2D eigenvalue weighted by Gasteiger charge is -2.20. The number of urea groups is 1. The summed E-state index contributed by atoms with van der Waals surface area (Å²) < 4.78 is 0. The Morgan fingerprint density at radius 1 is 1.43 bits per heavy atom. The first-order valence-corrected chi connectivity index (χ1v) is 4.12. The fourth-order valence-electron chi connectivity index (χ4n) is 1.47. The molecule has 0 aromatic carbocycles. The normalized spacial score (nSPS) is 20.6. The minimum absolute atomic E-state index is 0.354. The number of carboxylic acid groups (broad SMARTS) is 1. The molecule has 0 radical (unpaired) electrons. The van der Waals surface area contributed by atoms with Crippen LogP contribution in [-0.4, -0.2) is 40.6 Å². The summed E-state index contributed by atoms with van der Waals surface area (Å²) in [4.78, 5) is 33.4. The zero-order valence-electron chi connectivity index (χ0n) is 7.40. The maximum atomic E-state index is 11.2. The number of carbonyl (C=O) groups excluding carboxylic acids is 2. The summed E-state index contributed by atoms with van der Waals surface area (Å²) in [5, 5.41) is 9.96. The van der Waals surface area contributed by atoms with Gasteiger partial charge < -0.3 is 15.7 Å². The van der Waals surface area contributed by atoms with E-state index in [0.717, 1.165) is 4.90 Å². The van der Waals surface area contributed by atoms with Gasteiger partial charge in [-0.05, 0) is 12.8 Å². The van der Waals surface area contributed by atoms with E-state index in [0.29, 0.717) is 19.4 Å². The average Bonchev–Trinajstić information content (AvgIpc) is 2.49. The number of nitrogens with zero attached hydrogens (tertiary/aromatic N) is 1. The van der Waals surface area contributed by atoms with Crippen LogP contribution in [0.3, 0.4) is 0 Å². The first-order valence-electron chi connectivity index (χ1n) is 4.12. The molecule has 1 rings (SSSR count). The molecule has 0 aliphatic carbocycles. The topological polar surface area (TPSA) is 113 Å². The van der Waals surface area contributed by atoms with Crippen molar-refractivity contribution in [3.63, 3.8) is 0 Å². The van der Waals surface area contributed by atoms with Gasteiger partial charge in [-0.2, -0.15) is 0 Å². The van der Waals surface area contributed by atoms with Gasteiger partial charge in [0.15, 0.2) is 0 Å². The molecule has 0 bridgehead atoms. The third-order valence-electron chi connectivity index (χ3n) is 2.06. The van der Waals surface area contributed by atoms with Crippen LogP contribution in [0.15, 0.2) is 0 Å². The van der Waals surface area contributed by atoms with E-state index in [2.05, 4.69) is 0 Å². The number of nitrogens with two attached hydrogens (primary N) is 1. The Bertz CT molecular complexity index is 278. The SMILES string of the molecule is NC(=O)C1CCCN1C(=O)NC(=O)O. The highest BCUT2D eigenvalue weighted by Crippen LogP contribution is 2.16. The van der Waals surface area contributed by atoms with Crippen molar-refractivity contribution in [1.82, 2.24) is 10.2 Å². The fourth-order valence-corrected chi connectivity index (χ4v) is 1.47. The minimum atomic E-state index is -1.44. The fraction of sp³-hybridized carbons (Fsp3) is 0.571. The number of rotatable bonds is 1. The quantitative estimate of drug-likeness (QED) is 0.521. The molecule has 7 nitrogen and oxygen atoms in total. The van der Waals surface area contributed by atoms with Crippen molar-refractivity contribution >= 4 is 18.0 Å².